The van der Waals surface area contributed by atoms with E-state index in [1.165, 1.54) is 23.1 Å². The van der Waals surface area contributed by atoms with E-state index in [4.69, 9.17) is 14.7 Å². The van der Waals surface area contributed by atoms with Crippen LogP contribution in [0.2, 0.25) is 0 Å². The van der Waals surface area contributed by atoms with Crippen LogP contribution in [0.3, 0.4) is 0 Å². The number of amides is 1. The zero-order chi connectivity index (χ0) is 28.7. The van der Waals surface area contributed by atoms with E-state index in [0.29, 0.717) is 36.2 Å². The van der Waals surface area contributed by atoms with Crippen LogP contribution in [0.5, 0.6) is 0 Å². The number of anilines is 2. The number of aromatic nitrogens is 4. The molecule has 0 aromatic carbocycles. The Hall–Kier alpha value is -2.81. The van der Waals surface area contributed by atoms with Crippen molar-refractivity contribution >= 4 is 41.3 Å². The maximum atomic E-state index is 14.1. The van der Waals surface area contributed by atoms with Crippen molar-refractivity contribution in [3.05, 3.63) is 39.8 Å². The topological polar surface area (TPSA) is 96.4 Å². The Bertz CT molecular complexity index is 1440. The predicted molar refractivity (Wildman–Crippen MR) is 151 cm³/mol. The summed E-state index contributed by atoms with van der Waals surface area (Å²) >= 11 is 2.77. The standard InChI is InChI=1S/C27H30F3N7O2S2/c1-15-21(40-8-7-37(14-38)17-12-39-13-17)9-22(41-15)24-18(27(28,29)30)10-31-26(34-24)35-25-23(16-3-4-16)32-20-11-36(2)6-5-19(20)33-25/h9-10,14,16-17H,3-8,11-13H2,1-2H3,(H,31,33,34,35). The number of nitrogens with zero attached hydrogens (tertiary/aromatic N) is 6. The second kappa shape index (κ2) is 11.5. The minimum Gasteiger partial charge on any atom is -0.377 e. The third-order valence-electron chi connectivity index (χ3n) is 7.45. The summed E-state index contributed by atoms with van der Waals surface area (Å²) in [5.41, 5.74) is 1.62. The first-order valence-corrected chi connectivity index (χ1v) is 15.3. The highest BCUT2D eigenvalue weighted by Crippen LogP contribution is 2.44. The van der Waals surface area contributed by atoms with Gasteiger partial charge in [-0.15, -0.1) is 23.1 Å². The van der Waals surface area contributed by atoms with Gasteiger partial charge >= 0.3 is 6.18 Å². The number of fused-ring (bicyclic) bond motifs is 1. The molecule has 0 radical (unpaired) electrons. The quantitative estimate of drug-likeness (QED) is 0.256. The molecule has 41 heavy (non-hydrogen) atoms. The van der Waals surface area contributed by atoms with Crippen LogP contribution >= 0.6 is 23.1 Å². The average molecular weight is 606 g/mol. The van der Waals surface area contributed by atoms with Crippen LogP contribution in [0.4, 0.5) is 24.9 Å². The molecular formula is C27H30F3N7O2S2. The first-order valence-electron chi connectivity index (χ1n) is 13.5. The van der Waals surface area contributed by atoms with Crippen LogP contribution < -0.4 is 5.32 Å². The molecule has 3 aromatic heterocycles. The van der Waals surface area contributed by atoms with Gasteiger partial charge in [0.25, 0.3) is 0 Å². The average Bonchev–Trinajstić information content (AvgIpc) is 3.68. The van der Waals surface area contributed by atoms with E-state index in [9.17, 15) is 18.0 Å². The fourth-order valence-corrected chi connectivity index (χ4v) is 7.10. The number of carbonyl (C=O) groups is 1. The van der Waals surface area contributed by atoms with Crippen LogP contribution in [0.1, 0.15) is 46.3 Å². The van der Waals surface area contributed by atoms with E-state index in [-0.39, 0.29) is 23.6 Å². The highest BCUT2D eigenvalue weighted by atomic mass is 32.2. The number of hydrogen-bond donors (Lipinski definition) is 1. The van der Waals surface area contributed by atoms with Gasteiger partial charge in [-0.05, 0) is 32.9 Å². The first-order chi connectivity index (χ1) is 19.7. The fourth-order valence-electron chi connectivity index (χ4n) is 4.88. The zero-order valence-electron chi connectivity index (χ0n) is 22.7. The molecule has 1 saturated heterocycles. The maximum absolute atomic E-state index is 14.1. The van der Waals surface area contributed by atoms with Crippen molar-refractivity contribution in [2.75, 3.05) is 44.4 Å². The number of alkyl halides is 3. The van der Waals surface area contributed by atoms with Gasteiger partial charge in [0.15, 0.2) is 5.82 Å². The lowest BCUT2D eigenvalue weighted by Gasteiger charge is -2.34. The molecule has 218 valence electrons. The Morgan fingerprint density at radius 2 is 2.05 bits per heavy atom. The molecular weight excluding hydrogens is 575 g/mol. The summed E-state index contributed by atoms with van der Waals surface area (Å²) in [5, 5.41) is 3.11. The van der Waals surface area contributed by atoms with Crippen molar-refractivity contribution in [3.63, 3.8) is 0 Å². The smallest absolute Gasteiger partial charge is 0.377 e. The highest BCUT2D eigenvalue weighted by molar-refractivity contribution is 7.99. The predicted octanol–water partition coefficient (Wildman–Crippen LogP) is 4.88. The number of aryl methyl sites for hydroxylation is 1. The molecule has 14 heteroatoms. The first kappa shape index (κ1) is 28.3. The number of rotatable bonds is 10. The summed E-state index contributed by atoms with van der Waals surface area (Å²) in [6.45, 7) is 5.07. The van der Waals surface area contributed by atoms with Crippen molar-refractivity contribution in [1.29, 1.82) is 0 Å². The summed E-state index contributed by atoms with van der Waals surface area (Å²) in [4.78, 5) is 35.6. The summed E-state index contributed by atoms with van der Waals surface area (Å²) in [6, 6.07) is 1.84. The minimum atomic E-state index is -4.62. The summed E-state index contributed by atoms with van der Waals surface area (Å²) < 4.78 is 47.4. The van der Waals surface area contributed by atoms with Crippen molar-refractivity contribution in [2.24, 2.45) is 0 Å². The number of nitrogens with one attached hydrogen (secondary N) is 1. The lowest BCUT2D eigenvalue weighted by Crippen LogP contribution is -2.49. The van der Waals surface area contributed by atoms with Crippen LogP contribution in [0.15, 0.2) is 17.2 Å². The van der Waals surface area contributed by atoms with Crippen LogP contribution in [0.25, 0.3) is 10.6 Å². The number of carbonyl (C=O) groups excluding carboxylic acids is 1. The molecule has 1 saturated carbocycles. The van der Waals surface area contributed by atoms with Crippen LogP contribution in [0, 0.1) is 6.92 Å². The third kappa shape index (κ3) is 6.20. The largest absolute Gasteiger partial charge is 0.420 e. The number of thiophene rings is 1. The van der Waals surface area contributed by atoms with E-state index in [1.807, 2.05) is 14.0 Å². The van der Waals surface area contributed by atoms with E-state index in [1.54, 1.807) is 11.0 Å². The molecule has 0 bridgehead atoms. The van der Waals surface area contributed by atoms with Crippen LogP contribution in [-0.4, -0.2) is 81.3 Å². The van der Waals surface area contributed by atoms with E-state index < -0.39 is 11.7 Å². The lowest BCUT2D eigenvalue weighted by atomic mass is 10.1. The van der Waals surface area contributed by atoms with Gasteiger partial charge in [0, 0.05) is 53.7 Å². The molecule has 2 fully saturated rings. The van der Waals surface area contributed by atoms with Crippen molar-refractivity contribution < 1.29 is 22.7 Å². The summed E-state index contributed by atoms with van der Waals surface area (Å²) in [6.07, 6.45) is -0.190. The highest BCUT2D eigenvalue weighted by Gasteiger charge is 2.37. The number of thioether (sulfide) groups is 1. The lowest BCUT2D eigenvalue weighted by molar-refractivity contribution is -0.137. The molecule has 1 aliphatic carbocycles. The maximum Gasteiger partial charge on any atom is 0.420 e. The Morgan fingerprint density at radius 3 is 2.73 bits per heavy atom. The van der Waals surface area contributed by atoms with Crippen molar-refractivity contribution in [1.82, 2.24) is 29.7 Å². The Kier molecular flexibility index (Phi) is 7.92. The number of likely N-dealkylation sites (N-methyl/N-ethyl adjacent to an activating group) is 1. The Balaban J connectivity index is 1.26. The minimum absolute atomic E-state index is 0.0571. The molecule has 1 N–H and O–H groups in total. The van der Waals surface area contributed by atoms with E-state index in [2.05, 4.69) is 20.2 Å². The van der Waals surface area contributed by atoms with Crippen molar-refractivity contribution in [3.8, 4) is 10.6 Å². The van der Waals surface area contributed by atoms with Crippen molar-refractivity contribution in [2.45, 2.75) is 55.8 Å². The number of ether oxygens (including phenoxy) is 1. The molecule has 1 amide bonds. The van der Waals surface area contributed by atoms with Gasteiger partial charge in [-0.2, -0.15) is 13.2 Å². The van der Waals surface area contributed by atoms with Gasteiger partial charge < -0.3 is 19.9 Å². The monoisotopic (exact) mass is 605 g/mol. The SMILES string of the molecule is Cc1sc(-c2nc(Nc3nc4c(nc3C3CC3)CN(C)CC4)ncc2C(F)(F)F)cc1SCCN(C=O)C1COC1. The Morgan fingerprint density at radius 1 is 1.24 bits per heavy atom. The van der Waals surface area contributed by atoms with E-state index in [0.717, 1.165) is 71.8 Å². The third-order valence-corrected chi connectivity index (χ3v) is 9.76. The van der Waals surface area contributed by atoms with Crippen LogP contribution in [-0.2, 0) is 28.7 Å². The van der Waals surface area contributed by atoms with Gasteiger partial charge in [0.05, 0.1) is 46.9 Å². The molecule has 0 unspecified atom stereocenters. The molecule has 6 rings (SSSR count). The molecule has 0 atom stereocenters. The zero-order valence-corrected chi connectivity index (χ0v) is 24.3. The Labute approximate surface area is 243 Å². The molecule has 9 nitrogen and oxygen atoms in total. The fraction of sp³-hybridized carbons (Fsp3) is 0.519. The second-order valence-electron chi connectivity index (χ2n) is 10.6. The molecule has 3 aromatic rings. The van der Waals surface area contributed by atoms with Gasteiger partial charge in [0.2, 0.25) is 12.4 Å². The summed E-state index contributed by atoms with van der Waals surface area (Å²) in [7, 11) is 2.05. The molecule has 3 aliphatic rings. The number of hydrogen-bond acceptors (Lipinski definition) is 10. The van der Waals surface area contributed by atoms with Gasteiger partial charge in [0.1, 0.15) is 5.56 Å². The second-order valence-corrected chi connectivity index (χ2v) is 13.0. The summed E-state index contributed by atoms with van der Waals surface area (Å²) in [5.74, 6) is 1.48. The number of halogens is 3. The normalized spacial score (nSPS) is 17.7. The van der Waals surface area contributed by atoms with Gasteiger partial charge in [-0.1, -0.05) is 0 Å². The van der Waals surface area contributed by atoms with Gasteiger partial charge in [-0.3, -0.25) is 9.78 Å². The molecule has 0 spiro atoms. The molecule has 5 heterocycles. The van der Waals surface area contributed by atoms with Gasteiger partial charge in [-0.25, -0.2) is 15.0 Å². The molecule has 2 aliphatic heterocycles. The van der Waals surface area contributed by atoms with E-state index >= 15 is 0 Å².